The number of rotatable bonds is 4. The highest BCUT2D eigenvalue weighted by atomic mass is 32.2. The molecule has 1 aromatic heterocycles. The van der Waals surface area contributed by atoms with Gasteiger partial charge in [-0.05, 0) is 6.07 Å². The number of hydrogen-bond donors (Lipinski definition) is 3. The minimum Gasteiger partial charge on any atom is -0.381 e. The largest absolute Gasteiger partial charge is 0.381 e. The van der Waals surface area contributed by atoms with Crippen LogP contribution in [0, 0.1) is 0 Å². The molecule has 0 aliphatic carbocycles. The molecule has 9 heteroatoms. The van der Waals surface area contributed by atoms with E-state index in [0.29, 0.717) is 5.82 Å². The Hall–Kier alpha value is -2.10. The molecule has 0 amide bonds. The Kier molecular flexibility index (Phi) is 4.23. The number of aromatic nitrogens is 2. The van der Waals surface area contributed by atoms with Crippen LogP contribution in [-0.4, -0.2) is 50.8 Å². The van der Waals surface area contributed by atoms with E-state index in [2.05, 4.69) is 15.4 Å². The summed E-state index contributed by atoms with van der Waals surface area (Å²) in [5.41, 5.74) is 3.53. The molecule has 0 spiro atoms. The highest BCUT2D eigenvalue weighted by molar-refractivity contribution is 7.85. The molecule has 0 bridgehead atoms. The average molecular weight is 297 g/mol. The summed E-state index contributed by atoms with van der Waals surface area (Å²) in [5.74, 6) is -0.230. The maximum Gasteiger partial charge on any atom is 0.267 e. The minimum atomic E-state index is -4.22. The second-order valence-electron chi connectivity index (χ2n) is 3.99. The number of nitrogens with one attached hydrogen (secondary N) is 1. The lowest BCUT2D eigenvalue weighted by molar-refractivity contribution is -0.509. The van der Waals surface area contributed by atoms with Crippen molar-refractivity contribution in [3.8, 4) is 0 Å². The lowest BCUT2D eigenvalue weighted by atomic mass is 10.2. The number of nitrogens with zero attached hydrogens (tertiary/aromatic N) is 3. The van der Waals surface area contributed by atoms with Crippen LogP contribution in [-0.2, 0) is 10.1 Å². The molecule has 1 unspecified atom stereocenters. The second kappa shape index (κ2) is 5.90. The van der Waals surface area contributed by atoms with Gasteiger partial charge < -0.3 is 5.11 Å². The van der Waals surface area contributed by atoms with Crippen LogP contribution in [0.3, 0.4) is 0 Å². The van der Waals surface area contributed by atoms with Crippen LogP contribution in [0.1, 0.15) is 5.82 Å². The summed E-state index contributed by atoms with van der Waals surface area (Å²) in [6.45, 7) is 0. The summed E-state index contributed by atoms with van der Waals surface area (Å²) in [7, 11) is -4.22. The molecule has 1 aliphatic rings. The van der Waals surface area contributed by atoms with Crippen LogP contribution in [0.2, 0.25) is 0 Å². The smallest absolute Gasteiger partial charge is 0.267 e. The first-order valence-electron chi connectivity index (χ1n) is 5.62. The molecule has 8 nitrogen and oxygen atoms in total. The Labute approximate surface area is 115 Å². The van der Waals surface area contributed by atoms with E-state index in [0.717, 1.165) is 5.57 Å². The van der Waals surface area contributed by atoms with Crippen LogP contribution >= 0.6 is 0 Å². The zero-order valence-electron chi connectivity index (χ0n) is 10.3. The van der Waals surface area contributed by atoms with Gasteiger partial charge in [-0.25, -0.2) is 9.97 Å². The van der Waals surface area contributed by atoms with Gasteiger partial charge in [0, 0.05) is 24.0 Å². The molecule has 20 heavy (non-hydrogen) atoms. The van der Waals surface area contributed by atoms with Crippen LogP contribution in [0.4, 0.5) is 0 Å². The molecule has 2 heterocycles. The fourth-order valence-corrected chi connectivity index (χ4v) is 2.04. The fraction of sp³-hybridized carbons (Fsp3) is 0.182. The predicted molar refractivity (Wildman–Crippen MR) is 71.0 cm³/mol. The zero-order valence-corrected chi connectivity index (χ0v) is 11.1. The molecule has 106 valence electrons. The first-order chi connectivity index (χ1) is 9.44. The van der Waals surface area contributed by atoms with Crippen molar-refractivity contribution in [3.05, 3.63) is 42.8 Å². The number of hydrogen-bond acceptors (Lipinski definition) is 6. The first kappa shape index (κ1) is 14.3. The third-order valence-electron chi connectivity index (χ3n) is 2.32. The van der Waals surface area contributed by atoms with Crippen LogP contribution < -0.4 is 5.43 Å². The van der Waals surface area contributed by atoms with Crippen molar-refractivity contribution in [1.82, 2.24) is 15.4 Å². The number of aliphatic hydroxyl groups is 1. The molecule has 2 rings (SSSR count). The van der Waals surface area contributed by atoms with E-state index in [9.17, 15) is 13.5 Å². The Morgan fingerprint density at radius 1 is 1.40 bits per heavy atom. The number of allylic oxidation sites excluding steroid dienone is 2. The molecule has 0 radical (unpaired) electrons. The van der Waals surface area contributed by atoms with E-state index in [1.165, 1.54) is 10.9 Å². The summed E-state index contributed by atoms with van der Waals surface area (Å²) in [6, 6.07) is 1.70. The summed E-state index contributed by atoms with van der Waals surface area (Å²) in [4.78, 5) is 8.15. The Morgan fingerprint density at radius 2 is 2.10 bits per heavy atom. The van der Waals surface area contributed by atoms with E-state index in [1.807, 2.05) is 0 Å². The molecule has 1 aromatic rings. The fourth-order valence-electron chi connectivity index (χ4n) is 1.52. The van der Waals surface area contributed by atoms with Gasteiger partial charge in [0.05, 0.1) is 6.20 Å². The maximum atomic E-state index is 10.6. The summed E-state index contributed by atoms with van der Waals surface area (Å²) in [5, 5.41) is 9.46. The van der Waals surface area contributed by atoms with Gasteiger partial charge in [0.2, 0.25) is 6.21 Å². The summed E-state index contributed by atoms with van der Waals surface area (Å²) < 4.78 is 31.2. The lowest BCUT2D eigenvalue weighted by Gasteiger charge is -2.06. The maximum absolute atomic E-state index is 10.6. The average Bonchev–Trinajstić information content (AvgIpc) is 2.38. The van der Waals surface area contributed by atoms with Gasteiger partial charge in [0.1, 0.15) is 11.9 Å². The molecule has 1 atom stereocenters. The van der Waals surface area contributed by atoms with Gasteiger partial charge in [-0.3, -0.25) is 4.55 Å². The molecule has 0 saturated heterocycles. The van der Waals surface area contributed by atoms with E-state index < -0.39 is 22.0 Å². The zero-order chi connectivity index (χ0) is 14.6. The summed E-state index contributed by atoms with van der Waals surface area (Å²) >= 11 is 0. The number of aliphatic hydroxyl groups excluding tert-OH is 1. The lowest BCUT2D eigenvalue weighted by Crippen LogP contribution is -2.31. The summed E-state index contributed by atoms with van der Waals surface area (Å²) in [6.07, 6.45) is 7.98. The van der Waals surface area contributed by atoms with Gasteiger partial charge in [-0.2, -0.15) is 13.8 Å². The molecule has 0 saturated carbocycles. The number of hydrazine groups is 1. The van der Waals surface area contributed by atoms with E-state index in [4.69, 9.17) is 4.55 Å². The molecular weight excluding hydrogens is 284 g/mol. The van der Waals surface area contributed by atoms with Crippen molar-refractivity contribution < 1.29 is 22.8 Å². The third kappa shape index (κ3) is 4.23. The van der Waals surface area contributed by atoms with Crippen molar-refractivity contribution in [2.45, 2.75) is 6.10 Å². The van der Waals surface area contributed by atoms with Crippen LogP contribution in [0.5, 0.6) is 0 Å². The van der Waals surface area contributed by atoms with Crippen LogP contribution in [0.25, 0.3) is 5.57 Å². The third-order valence-corrected chi connectivity index (χ3v) is 3.08. The Morgan fingerprint density at radius 3 is 2.65 bits per heavy atom. The highest BCUT2D eigenvalue weighted by Gasteiger charge is 2.17. The topological polar surface area (TPSA) is 115 Å². The molecule has 1 aliphatic heterocycles. The van der Waals surface area contributed by atoms with Gasteiger partial charge in [-0.15, -0.1) is 0 Å². The predicted octanol–water partition coefficient (Wildman–Crippen LogP) is -0.819. The van der Waals surface area contributed by atoms with Crippen molar-refractivity contribution in [2.24, 2.45) is 0 Å². The molecular formula is C11H13N4O4S+. The van der Waals surface area contributed by atoms with Crippen molar-refractivity contribution in [2.75, 3.05) is 5.75 Å². The van der Waals surface area contributed by atoms with E-state index in [1.54, 1.807) is 36.9 Å². The van der Waals surface area contributed by atoms with Crippen LogP contribution in [0.15, 0.2) is 36.9 Å². The van der Waals surface area contributed by atoms with Crippen molar-refractivity contribution in [1.29, 1.82) is 0 Å². The second-order valence-corrected chi connectivity index (χ2v) is 5.49. The monoisotopic (exact) mass is 297 g/mol. The molecule has 0 aromatic carbocycles. The Bertz CT molecular complexity index is 667. The Balaban J connectivity index is 2.04. The first-order valence-corrected chi connectivity index (χ1v) is 7.23. The van der Waals surface area contributed by atoms with Crippen molar-refractivity contribution >= 4 is 21.9 Å². The number of hydrazone groups is 1. The standard InChI is InChI=1S/C11H12N4O4S/c16-10(8-20(17,18)19)7-15-5-2-9(6-14-15)11-12-3-1-4-13-11/h1-7,10,14,16H,8H2/p+1. The normalized spacial score (nSPS) is 18.5. The SMILES string of the molecule is O=S(=O)(O)CC(O)C=[N+]1C=CC(c2ncccn2)=CN1. The minimum absolute atomic E-state index is 0.536. The molecule has 0 fully saturated rings. The quantitative estimate of drug-likeness (QED) is 0.491. The van der Waals surface area contributed by atoms with Gasteiger partial charge in [-0.1, -0.05) is 4.68 Å². The van der Waals surface area contributed by atoms with Gasteiger partial charge in [0.25, 0.3) is 10.1 Å². The van der Waals surface area contributed by atoms with Crippen molar-refractivity contribution in [3.63, 3.8) is 0 Å². The highest BCUT2D eigenvalue weighted by Crippen LogP contribution is 2.11. The van der Waals surface area contributed by atoms with Gasteiger partial charge in [0.15, 0.2) is 12.0 Å². The van der Waals surface area contributed by atoms with E-state index >= 15 is 0 Å². The van der Waals surface area contributed by atoms with E-state index in [-0.39, 0.29) is 0 Å². The van der Waals surface area contributed by atoms with Gasteiger partial charge >= 0.3 is 0 Å². The molecule has 3 N–H and O–H groups in total.